The van der Waals surface area contributed by atoms with Gasteiger partial charge < -0.3 is 15.0 Å². The van der Waals surface area contributed by atoms with Gasteiger partial charge in [0.1, 0.15) is 11.6 Å². The molecule has 0 amide bonds. The normalized spacial score (nSPS) is 10.9. The summed E-state index contributed by atoms with van der Waals surface area (Å²) in [4.78, 5) is 38.6. The van der Waals surface area contributed by atoms with Crippen molar-refractivity contribution in [1.82, 2.24) is 14.0 Å². The predicted molar refractivity (Wildman–Crippen MR) is 134 cm³/mol. The van der Waals surface area contributed by atoms with E-state index in [9.17, 15) is 14.4 Å². The number of benzene rings is 2. The average molecular weight is 465 g/mol. The van der Waals surface area contributed by atoms with Gasteiger partial charge in [0.05, 0.1) is 6.61 Å². The molecule has 1 heterocycles. The Morgan fingerprint density at radius 3 is 2.29 bits per heavy atom. The fraction of sp³-hybridized carbons (Fsp3) is 0.346. The summed E-state index contributed by atoms with van der Waals surface area (Å²) in [5.41, 5.74) is 0.628. The van der Waals surface area contributed by atoms with Gasteiger partial charge in [-0.05, 0) is 37.2 Å². The number of nitrogens with one attached hydrogen (secondary N) is 1. The van der Waals surface area contributed by atoms with Crippen LogP contribution < -0.4 is 21.3 Å². The molecule has 0 fully saturated rings. The third kappa shape index (κ3) is 6.45. The summed E-state index contributed by atoms with van der Waals surface area (Å²) in [6.07, 6.45) is 0.850. The topological polar surface area (TPSA) is 85.6 Å². The van der Waals surface area contributed by atoms with Gasteiger partial charge in [-0.2, -0.15) is 0 Å². The van der Waals surface area contributed by atoms with Crippen LogP contribution in [-0.2, 0) is 14.1 Å². The Morgan fingerprint density at radius 2 is 1.62 bits per heavy atom. The van der Waals surface area contributed by atoms with Crippen molar-refractivity contribution in [3.63, 3.8) is 0 Å². The molecular formula is C26H32N4O4. The first kappa shape index (κ1) is 25.0. The highest BCUT2D eigenvalue weighted by molar-refractivity contribution is 6.08. The maximum absolute atomic E-state index is 12.5. The second kappa shape index (κ2) is 12.0. The van der Waals surface area contributed by atoms with E-state index in [0.717, 1.165) is 36.4 Å². The smallest absolute Gasteiger partial charge is 0.332 e. The molecule has 180 valence electrons. The highest BCUT2D eigenvalue weighted by atomic mass is 16.5. The summed E-state index contributed by atoms with van der Waals surface area (Å²) in [5.74, 6) is 1.25. The number of carbonyl (C=O) groups is 1. The second-order valence-electron chi connectivity index (χ2n) is 8.05. The first-order chi connectivity index (χ1) is 16.4. The monoisotopic (exact) mass is 464 g/mol. The lowest BCUT2D eigenvalue weighted by Crippen LogP contribution is -2.38. The van der Waals surface area contributed by atoms with Crippen molar-refractivity contribution in [2.45, 2.75) is 13.3 Å². The maximum atomic E-state index is 12.5. The summed E-state index contributed by atoms with van der Waals surface area (Å²) in [5, 5.41) is 3.18. The minimum absolute atomic E-state index is 0.00437. The molecule has 3 aromatic rings. The Balaban J connectivity index is 1.41. The molecule has 0 saturated carbocycles. The van der Waals surface area contributed by atoms with Crippen LogP contribution in [0.15, 0.2) is 70.3 Å². The zero-order valence-corrected chi connectivity index (χ0v) is 20.0. The van der Waals surface area contributed by atoms with Crippen LogP contribution >= 0.6 is 0 Å². The average Bonchev–Trinajstić information content (AvgIpc) is 2.87. The molecule has 0 aliphatic heterocycles. The van der Waals surface area contributed by atoms with Crippen molar-refractivity contribution < 1.29 is 9.53 Å². The molecule has 0 bridgehead atoms. The van der Waals surface area contributed by atoms with E-state index in [0.29, 0.717) is 30.1 Å². The van der Waals surface area contributed by atoms with E-state index in [1.807, 2.05) is 42.5 Å². The number of likely N-dealkylation sites (N-methyl/N-ethyl adjacent to an activating group) is 1. The van der Waals surface area contributed by atoms with Crippen LogP contribution in [0.5, 0.6) is 5.75 Å². The molecule has 1 aromatic heterocycles. The van der Waals surface area contributed by atoms with Crippen molar-refractivity contribution in [2.75, 3.05) is 38.1 Å². The lowest BCUT2D eigenvalue weighted by molar-refractivity contribution is 0.103. The highest BCUT2D eigenvalue weighted by Crippen LogP contribution is 2.15. The second-order valence-corrected chi connectivity index (χ2v) is 8.05. The van der Waals surface area contributed by atoms with E-state index >= 15 is 0 Å². The molecule has 8 nitrogen and oxygen atoms in total. The summed E-state index contributed by atoms with van der Waals surface area (Å²) < 4.78 is 8.36. The molecule has 34 heavy (non-hydrogen) atoms. The molecule has 3 rings (SSSR count). The lowest BCUT2D eigenvalue weighted by atomic mass is 10.0. The Kier molecular flexibility index (Phi) is 8.81. The molecule has 0 spiro atoms. The number of aromatic nitrogens is 2. The van der Waals surface area contributed by atoms with E-state index in [1.165, 1.54) is 17.7 Å². The van der Waals surface area contributed by atoms with Crippen molar-refractivity contribution in [1.29, 1.82) is 0 Å². The molecule has 0 saturated heterocycles. The van der Waals surface area contributed by atoms with Gasteiger partial charge in [0, 0.05) is 50.9 Å². The Labute approximate surface area is 199 Å². The fourth-order valence-corrected chi connectivity index (χ4v) is 3.61. The molecule has 0 atom stereocenters. The number of hydrogen-bond acceptors (Lipinski definition) is 6. The number of carbonyl (C=O) groups excluding carboxylic acids is 1. The number of ether oxygens (including phenoxy) is 1. The van der Waals surface area contributed by atoms with Crippen LogP contribution in [0, 0.1) is 0 Å². The summed E-state index contributed by atoms with van der Waals surface area (Å²) in [6, 6.07) is 17.9. The van der Waals surface area contributed by atoms with Crippen molar-refractivity contribution in [3.05, 3.63) is 92.6 Å². The first-order valence-electron chi connectivity index (χ1n) is 11.5. The largest absolute Gasteiger partial charge is 0.494 e. The van der Waals surface area contributed by atoms with Crippen LogP contribution in [0.1, 0.15) is 29.3 Å². The van der Waals surface area contributed by atoms with Crippen molar-refractivity contribution in [3.8, 4) is 5.75 Å². The number of hydrogen-bond donors (Lipinski definition) is 1. The van der Waals surface area contributed by atoms with Crippen LogP contribution in [0.25, 0.3) is 0 Å². The number of nitrogens with zero attached hydrogens (tertiary/aromatic N) is 3. The van der Waals surface area contributed by atoms with E-state index in [1.54, 1.807) is 19.2 Å². The zero-order chi connectivity index (χ0) is 24.5. The van der Waals surface area contributed by atoms with Crippen molar-refractivity contribution >= 4 is 11.6 Å². The van der Waals surface area contributed by atoms with Gasteiger partial charge in [0.25, 0.3) is 5.56 Å². The molecular weight excluding hydrogens is 432 g/mol. The molecule has 2 aromatic carbocycles. The number of rotatable bonds is 12. The molecule has 0 radical (unpaired) electrons. The standard InChI is InChI=1S/C26H32N4O4/c1-4-30(17-15-27-23-19-24(31)29(3)26(33)28(23)2)16-8-18-34-22-13-11-21(12-14-22)25(32)20-9-6-5-7-10-20/h5-7,9-14,19,27H,4,8,15-18H2,1-3H3. The lowest BCUT2D eigenvalue weighted by Gasteiger charge is -2.21. The number of ketones is 1. The number of anilines is 1. The predicted octanol–water partition coefficient (Wildman–Crippen LogP) is 2.52. The quantitative estimate of drug-likeness (QED) is 0.328. The van der Waals surface area contributed by atoms with E-state index < -0.39 is 0 Å². The van der Waals surface area contributed by atoms with Gasteiger partial charge in [-0.3, -0.25) is 18.7 Å². The SMILES string of the molecule is CCN(CCCOc1ccc(C(=O)c2ccccc2)cc1)CCNc1cc(=O)n(C)c(=O)n1C. The molecule has 0 aliphatic carbocycles. The Morgan fingerprint density at radius 1 is 0.941 bits per heavy atom. The van der Waals surface area contributed by atoms with Gasteiger partial charge in [0.15, 0.2) is 5.78 Å². The third-order valence-corrected chi connectivity index (χ3v) is 5.75. The van der Waals surface area contributed by atoms with Gasteiger partial charge in [-0.1, -0.05) is 37.3 Å². The van der Waals surface area contributed by atoms with Gasteiger partial charge in [-0.25, -0.2) is 4.79 Å². The van der Waals surface area contributed by atoms with Gasteiger partial charge in [0.2, 0.25) is 0 Å². The summed E-state index contributed by atoms with van der Waals surface area (Å²) >= 11 is 0. The van der Waals surface area contributed by atoms with Crippen LogP contribution in [0.3, 0.4) is 0 Å². The first-order valence-corrected chi connectivity index (χ1v) is 11.5. The highest BCUT2D eigenvalue weighted by Gasteiger charge is 2.09. The Bertz CT molecular complexity index is 1200. The third-order valence-electron chi connectivity index (χ3n) is 5.75. The van der Waals surface area contributed by atoms with E-state index in [-0.39, 0.29) is 17.0 Å². The summed E-state index contributed by atoms with van der Waals surface area (Å²) in [7, 11) is 3.11. The molecule has 8 heteroatoms. The Hall–Kier alpha value is -3.65. The van der Waals surface area contributed by atoms with E-state index in [2.05, 4.69) is 17.1 Å². The maximum Gasteiger partial charge on any atom is 0.332 e. The van der Waals surface area contributed by atoms with Crippen LogP contribution in [0.4, 0.5) is 5.82 Å². The van der Waals surface area contributed by atoms with Crippen LogP contribution in [0.2, 0.25) is 0 Å². The van der Waals surface area contributed by atoms with Crippen LogP contribution in [-0.4, -0.2) is 52.6 Å². The van der Waals surface area contributed by atoms with Gasteiger partial charge >= 0.3 is 5.69 Å². The van der Waals surface area contributed by atoms with Crippen molar-refractivity contribution in [2.24, 2.45) is 14.1 Å². The van der Waals surface area contributed by atoms with Gasteiger partial charge in [-0.15, -0.1) is 0 Å². The molecule has 0 unspecified atom stereocenters. The fourth-order valence-electron chi connectivity index (χ4n) is 3.61. The minimum Gasteiger partial charge on any atom is -0.494 e. The van der Waals surface area contributed by atoms with E-state index in [4.69, 9.17) is 4.74 Å². The zero-order valence-electron chi connectivity index (χ0n) is 20.0. The molecule has 0 aliphatic rings. The summed E-state index contributed by atoms with van der Waals surface area (Å²) in [6.45, 7) is 5.80. The minimum atomic E-state index is -0.350. The molecule has 1 N–H and O–H groups in total.